The van der Waals surface area contributed by atoms with Gasteiger partial charge in [0.1, 0.15) is 0 Å². The van der Waals surface area contributed by atoms with Gasteiger partial charge in [0.15, 0.2) is 9.84 Å². The Hall–Kier alpha value is -2.88. The highest BCUT2D eigenvalue weighted by molar-refractivity contribution is 7.91. The molecule has 1 aromatic rings. The molecule has 1 heterocycles. The number of likely N-dealkylation sites (N-methyl/N-ethyl adjacent to an activating group) is 3. The topological polar surface area (TPSA) is 108 Å². The standard InChI is InChI=1S/C28H39ClN4O4S/c1-6-21(10-9-13-29)19-38(36,37)22-11-12-25-23(17-22)24(28(35)32-25)18-26(31-7-2)20(4)16-27(34)33(8-3)15-14-30-5/h6,9-12,17-18,30-31H,7-8,13-16,19H2,1-5H3,(H,32,35)/b10-9-,21-6+,24-18+,26-20-. The summed E-state index contributed by atoms with van der Waals surface area (Å²) in [6.45, 7) is 10.0. The number of anilines is 1. The minimum atomic E-state index is -3.67. The Kier molecular flexibility index (Phi) is 12.3. The van der Waals surface area contributed by atoms with E-state index in [0.717, 1.165) is 5.57 Å². The molecule has 1 aromatic carbocycles. The van der Waals surface area contributed by atoms with E-state index in [1.165, 1.54) is 12.1 Å². The number of hydrogen-bond acceptors (Lipinski definition) is 6. The molecule has 0 saturated heterocycles. The Morgan fingerprint density at radius 3 is 2.58 bits per heavy atom. The number of halogens is 1. The summed E-state index contributed by atoms with van der Waals surface area (Å²) in [4.78, 5) is 27.7. The van der Waals surface area contributed by atoms with Crippen molar-refractivity contribution in [2.24, 2.45) is 0 Å². The first-order valence-corrected chi connectivity index (χ1v) is 14.9. The summed E-state index contributed by atoms with van der Waals surface area (Å²) >= 11 is 5.70. The quantitative estimate of drug-likeness (QED) is 0.180. The second-order valence-corrected chi connectivity index (χ2v) is 11.2. The molecule has 1 aliphatic rings. The zero-order chi connectivity index (χ0) is 28.3. The summed E-state index contributed by atoms with van der Waals surface area (Å²) in [5.74, 6) is -0.215. The molecule has 0 saturated carbocycles. The van der Waals surface area contributed by atoms with Crippen LogP contribution in [0.15, 0.2) is 64.2 Å². The lowest BCUT2D eigenvalue weighted by Crippen LogP contribution is -2.36. The molecule has 0 atom stereocenters. The fraction of sp³-hybridized carbons (Fsp3) is 0.429. The van der Waals surface area contributed by atoms with Crippen LogP contribution in [-0.2, 0) is 19.4 Å². The number of fused-ring (bicyclic) bond motifs is 1. The molecule has 3 N–H and O–H groups in total. The minimum absolute atomic E-state index is 0.00158. The van der Waals surface area contributed by atoms with Crippen LogP contribution in [0.3, 0.4) is 0 Å². The second kappa shape index (κ2) is 14.9. The summed E-state index contributed by atoms with van der Waals surface area (Å²) in [6.07, 6.45) is 7.04. The van der Waals surface area contributed by atoms with Crippen LogP contribution in [0.5, 0.6) is 0 Å². The average molecular weight is 563 g/mol. The van der Waals surface area contributed by atoms with Gasteiger partial charge < -0.3 is 20.9 Å². The van der Waals surface area contributed by atoms with Gasteiger partial charge in [0.25, 0.3) is 5.91 Å². The van der Waals surface area contributed by atoms with E-state index in [0.29, 0.717) is 54.3 Å². The van der Waals surface area contributed by atoms with E-state index in [-0.39, 0.29) is 34.8 Å². The molecule has 0 unspecified atom stereocenters. The zero-order valence-corrected chi connectivity index (χ0v) is 24.4. The van der Waals surface area contributed by atoms with Crippen LogP contribution in [-0.4, -0.2) is 70.0 Å². The van der Waals surface area contributed by atoms with E-state index in [4.69, 9.17) is 11.6 Å². The van der Waals surface area contributed by atoms with Gasteiger partial charge in [0, 0.05) is 55.4 Å². The van der Waals surface area contributed by atoms with Crippen molar-refractivity contribution in [1.29, 1.82) is 0 Å². The molecule has 2 amide bonds. The second-order valence-electron chi connectivity index (χ2n) is 8.88. The number of carbonyl (C=O) groups excluding carboxylic acids is 2. The SMILES string of the molecule is C/C=C(\C=C/CCl)CS(=O)(=O)c1ccc2c(c1)/C(=C\C(NCC)=C(/C)CC(=O)N(CC)CCNC)C(=O)N2. The van der Waals surface area contributed by atoms with Gasteiger partial charge in [-0.15, -0.1) is 11.6 Å². The van der Waals surface area contributed by atoms with Crippen LogP contribution in [0.25, 0.3) is 5.57 Å². The van der Waals surface area contributed by atoms with Crippen molar-refractivity contribution < 1.29 is 18.0 Å². The Bertz CT molecular complexity index is 1250. The maximum Gasteiger partial charge on any atom is 0.256 e. The van der Waals surface area contributed by atoms with Crippen LogP contribution in [0, 0.1) is 0 Å². The monoisotopic (exact) mass is 562 g/mol. The molecule has 8 nitrogen and oxygen atoms in total. The summed E-state index contributed by atoms with van der Waals surface area (Å²) < 4.78 is 26.3. The summed E-state index contributed by atoms with van der Waals surface area (Å²) in [6, 6.07) is 4.65. The number of nitrogens with zero attached hydrogens (tertiary/aromatic N) is 1. The molecule has 0 aliphatic carbocycles. The van der Waals surface area contributed by atoms with Crippen molar-refractivity contribution in [3.05, 3.63) is 64.9 Å². The third-order valence-electron chi connectivity index (χ3n) is 6.18. The van der Waals surface area contributed by atoms with Gasteiger partial charge in [-0.3, -0.25) is 9.59 Å². The first-order valence-electron chi connectivity index (χ1n) is 12.8. The Morgan fingerprint density at radius 2 is 1.97 bits per heavy atom. The molecule has 0 radical (unpaired) electrons. The largest absolute Gasteiger partial charge is 0.385 e. The fourth-order valence-corrected chi connectivity index (χ4v) is 5.56. The van der Waals surface area contributed by atoms with E-state index in [1.54, 1.807) is 42.2 Å². The molecule has 10 heteroatoms. The molecule has 1 aliphatic heterocycles. The van der Waals surface area contributed by atoms with E-state index >= 15 is 0 Å². The third-order valence-corrected chi connectivity index (χ3v) is 8.04. The summed E-state index contributed by atoms with van der Waals surface area (Å²) in [5.41, 5.74) is 3.48. The first kappa shape index (κ1) is 31.3. The molecule has 208 valence electrons. The third kappa shape index (κ3) is 8.31. The molecule has 0 fully saturated rings. The van der Waals surface area contributed by atoms with Crippen LogP contribution >= 0.6 is 11.6 Å². The smallest absolute Gasteiger partial charge is 0.256 e. The van der Waals surface area contributed by atoms with Gasteiger partial charge in [-0.25, -0.2) is 8.42 Å². The van der Waals surface area contributed by atoms with Crippen molar-refractivity contribution in [2.75, 3.05) is 50.2 Å². The van der Waals surface area contributed by atoms with Crippen molar-refractivity contribution in [2.45, 2.75) is 39.0 Å². The van der Waals surface area contributed by atoms with Gasteiger partial charge in [-0.1, -0.05) is 18.2 Å². The van der Waals surface area contributed by atoms with Crippen LogP contribution in [0.2, 0.25) is 0 Å². The Balaban J connectivity index is 2.45. The molecule has 0 aromatic heterocycles. The Morgan fingerprint density at radius 1 is 1.24 bits per heavy atom. The predicted octanol–water partition coefficient (Wildman–Crippen LogP) is 3.88. The lowest BCUT2D eigenvalue weighted by Gasteiger charge is -2.21. The highest BCUT2D eigenvalue weighted by Gasteiger charge is 2.27. The van der Waals surface area contributed by atoms with Crippen LogP contribution in [0.4, 0.5) is 5.69 Å². The van der Waals surface area contributed by atoms with Crippen molar-refractivity contribution in [3.8, 4) is 0 Å². The molecule has 0 bridgehead atoms. The van der Waals surface area contributed by atoms with Gasteiger partial charge in [0.2, 0.25) is 5.91 Å². The lowest BCUT2D eigenvalue weighted by molar-refractivity contribution is -0.130. The molecule has 2 rings (SSSR count). The number of hydrogen-bond donors (Lipinski definition) is 3. The van der Waals surface area contributed by atoms with E-state index in [1.807, 2.05) is 27.8 Å². The molecule has 0 spiro atoms. The molecular weight excluding hydrogens is 524 g/mol. The first-order chi connectivity index (χ1) is 18.1. The van der Waals surface area contributed by atoms with Crippen molar-refractivity contribution >= 4 is 44.5 Å². The van der Waals surface area contributed by atoms with Gasteiger partial charge in [-0.05, 0) is 70.2 Å². The maximum absolute atomic E-state index is 13.2. The number of sulfone groups is 1. The number of benzene rings is 1. The van der Waals surface area contributed by atoms with E-state index in [9.17, 15) is 18.0 Å². The number of carbonyl (C=O) groups is 2. The van der Waals surface area contributed by atoms with Gasteiger partial charge in [-0.2, -0.15) is 0 Å². The van der Waals surface area contributed by atoms with Crippen LogP contribution in [0.1, 0.15) is 39.7 Å². The highest BCUT2D eigenvalue weighted by Crippen LogP contribution is 2.35. The number of allylic oxidation sites excluding steroid dienone is 4. The predicted molar refractivity (Wildman–Crippen MR) is 156 cm³/mol. The minimum Gasteiger partial charge on any atom is -0.385 e. The number of nitrogens with one attached hydrogen (secondary N) is 3. The van der Waals surface area contributed by atoms with E-state index < -0.39 is 9.84 Å². The summed E-state index contributed by atoms with van der Waals surface area (Å²) in [5, 5.41) is 9.13. The van der Waals surface area contributed by atoms with E-state index in [2.05, 4.69) is 16.0 Å². The molecule has 38 heavy (non-hydrogen) atoms. The highest BCUT2D eigenvalue weighted by atomic mass is 35.5. The number of rotatable bonds is 14. The van der Waals surface area contributed by atoms with Gasteiger partial charge in [0.05, 0.1) is 16.2 Å². The number of alkyl halides is 1. The zero-order valence-electron chi connectivity index (χ0n) is 22.9. The van der Waals surface area contributed by atoms with Crippen LogP contribution < -0.4 is 16.0 Å². The normalized spacial score (nSPS) is 15.5. The van der Waals surface area contributed by atoms with Crippen molar-refractivity contribution in [3.63, 3.8) is 0 Å². The molecular formula is C28H39ClN4O4S. The Labute approximate surface area is 231 Å². The maximum atomic E-state index is 13.2. The van der Waals surface area contributed by atoms with Gasteiger partial charge >= 0.3 is 0 Å². The fourth-order valence-electron chi connectivity index (χ4n) is 4.03. The number of amides is 2. The lowest BCUT2D eigenvalue weighted by atomic mass is 10.0. The summed E-state index contributed by atoms with van der Waals surface area (Å²) in [7, 11) is -1.82. The average Bonchev–Trinajstić information content (AvgIpc) is 3.20. The van der Waals surface area contributed by atoms with Crippen molar-refractivity contribution in [1.82, 2.24) is 15.5 Å².